The molecule has 1 amide bonds. The summed E-state index contributed by atoms with van der Waals surface area (Å²) in [6.07, 6.45) is 0. The first-order chi connectivity index (χ1) is 13.8. The van der Waals surface area contributed by atoms with Gasteiger partial charge in [0.1, 0.15) is 5.75 Å². The van der Waals surface area contributed by atoms with E-state index in [2.05, 4.69) is 47.4 Å². The molecule has 0 saturated carbocycles. The highest BCUT2D eigenvalue weighted by Crippen LogP contribution is 2.33. The minimum atomic E-state index is -0.110. The summed E-state index contributed by atoms with van der Waals surface area (Å²) in [6, 6.07) is 9.11. The number of nitrogens with one attached hydrogen (secondary N) is 1. The molecule has 0 aliphatic carbocycles. The Labute approximate surface area is 190 Å². The van der Waals surface area contributed by atoms with Crippen LogP contribution in [0.25, 0.3) is 11.4 Å². The van der Waals surface area contributed by atoms with Gasteiger partial charge >= 0.3 is 0 Å². The molecule has 0 fully saturated rings. The second kappa shape index (κ2) is 9.32. The SMILES string of the molecule is CCn1c(SCC(=O)Nc2c(C)cc(Br)cc2C)nnc1-c1cc(Br)ccc1O. The molecule has 3 aromatic rings. The maximum absolute atomic E-state index is 12.5. The van der Waals surface area contributed by atoms with E-state index in [1.54, 1.807) is 18.2 Å². The van der Waals surface area contributed by atoms with Crippen molar-refractivity contribution in [3.05, 3.63) is 50.4 Å². The van der Waals surface area contributed by atoms with Gasteiger partial charge in [0.2, 0.25) is 5.91 Å². The quantitative estimate of drug-likeness (QED) is 0.402. The van der Waals surface area contributed by atoms with E-state index in [1.165, 1.54) is 11.8 Å². The summed E-state index contributed by atoms with van der Waals surface area (Å²) in [5.41, 5.74) is 3.42. The summed E-state index contributed by atoms with van der Waals surface area (Å²) in [7, 11) is 0. The van der Waals surface area contributed by atoms with Crippen LogP contribution >= 0.6 is 43.6 Å². The molecule has 2 N–H and O–H groups in total. The summed E-state index contributed by atoms with van der Waals surface area (Å²) in [4.78, 5) is 12.5. The van der Waals surface area contributed by atoms with Crippen LogP contribution in [0.3, 0.4) is 0 Å². The van der Waals surface area contributed by atoms with Gasteiger partial charge in [-0.15, -0.1) is 10.2 Å². The Bertz CT molecular complexity index is 1050. The van der Waals surface area contributed by atoms with Crippen LogP contribution in [0.2, 0.25) is 0 Å². The fourth-order valence-electron chi connectivity index (χ4n) is 2.98. The zero-order chi connectivity index (χ0) is 21.1. The Kier molecular flexibility index (Phi) is 7.02. The first-order valence-electron chi connectivity index (χ1n) is 8.91. The van der Waals surface area contributed by atoms with Gasteiger partial charge in [0.05, 0.1) is 11.3 Å². The highest BCUT2D eigenvalue weighted by atomic mass is 79.9. The molecular formula is C20H20Br2N4O2S. The van der Waals surface area contributed by atoms with Crippen molar-refractivity contribution in [1.29, 1.82) is 0 Å². The van der Waals surface area contributed by atoms with Crippen LogP contribution < -0.4 is 5.32 Å². The third-order valence-corrected chi connectivity index (χ3v) is 6.24. The number of nitrogens with zero attached hydrogens (tertiary/aromatic N) is 3. The van der Waals surface area contributed by atoms with Crippen molar-refractivity contribution in [2.75, 3.05) is 11.1 Å². The minimum absolute atomic E-state index is 0.110. The Morgan fingerprint density at radius 2 is 1.83 bits per heavy atom. The summed E-state index contributed by atoms with van der Waals surface area (Å²) in [5, 5.41) is 22.3. The van der Waals surface area contributed by atoms with Crippen molar-refractivity contribution in [3.63, 3.8) is 0 Å². The lowest BCUT2D eigenvalue weighted by Crippen LogP contribution is -2.16. The number of thioether (sulfide) groups is 1. The van der Waals surface area contributed by atoms with Crippen molar-refractivity contribution >= 4 is 55.2 Å². The fourth-order valence-corrected chi connectivity index (χ4v) is 4.83. The van der Waals surface area contributed by atoms with Crippen molar-refractivity contribution in [2.45, 2.75) is 32.5 Å². The zero-order valence-corrected chi connectivity index (χ0v) is 20.2. The van der Waals surface area contributed by atoms with Gasteiger partial charge in [-0.25, -0.2) is 0 Å². The Hall–Kier alpha value is -1.84. The predicted octanol–water partition coefficient (Wildman–Crippen LogP) is 5.54. The molecule has 0 saturated heterocycles. The molecule has 0 unspecified atom stereocenters. The summed E-state index contributed by atoms with van der Waals surface area (Å²) in [5.74, 6) is 0.790. The summed E-state index contributed by atoms with van der Waals surface area (Å²) >= 11 is 8.19. The smallest absolute Gasteiger partial charge is 0.234 e. The van der Waals surface area contributed by atoms with E-state index in [0.717, 1.165) is 25.8 Å². The highest BCUT2D eigenvalue weighted by Gasteiger charge is 2.18. The molecule has 0 atom stereocenters. The van der Waals surface area contributed by atoms with E-state index >= 15 is 0 Å². The number of phenols is 1. The molecule has 6 nitrogen and oxygen atoms in total. The normalized spacial score (nSPS) is 10.9. The number of anilines is 1. The van der Waals surface area contributed by atoms with Crippen molar-refractivity contribution in [2.24, 2.45) is 0 Å². The molecule has 0 aliphatic heterocycles. The first kappa shape index (κ1) is 21.9. The van der Waals surface area contributed by atoms with Crippen LogP contribution in [0, 0.1) is 13.8 Å². The second-order valence-electron chi connectivity index (χ2n) is 6.46. The average molecular weight is 540 g/mol. The lowest BCUT2D eigenvalue weighted by atomic mass is 10.1. The van der Waals surface area contributed by atoms with Crippen LogP contribution in [0.4, 0.5) is 5.69 Å². The van der Waals surface area contributed by atoms with Gasteiger partial charge in [-0.3, -0.25) is 4.79 Å². The number of aromatic hydroxyl groups is 1. The predicted molar refractivity (Wildman–Crippen MR) is 123 cm³/mol. The van der Waals surface area contributed by atoms with E-state index in [9.17, 15) is 9.90 Å². The maximum atomic E-state index is 12.5. The zero-order valence-electron chi connectivity index (χ0n) is 16.2. The average Bonchev–Trinajstić information content (AvgIpc) is 3.07. The third-order valence-electron chi connectivity index (χ3n) is 4.33. The van der Waals surface area contributed by atoms with E-state index in [0.29, 0.717) is 23.1 Å². The molecule has 1 heterocycles. The molecule has 152 valence electrons. The van der Waals surface area contributed by atoms with Crippen LogP contribution in [0.15, 0.2) is 44.4 Å². The first-order valence-corrected chi connectivity index (χ1v) is 11.5. The van der Waals surface area contributed by atoms with Crippen LogP contribution in [0.5, 0.6) is 5.75 Å². The summed E-state index contributed by atoms with van der Waals surface area (Å²) in [6.45, 7) is 6.51. The number of amides is 1. The van der Waals surface area contributed by atoms with E-state index in [1.807, 2.05) is 37.5 Å². The van der Waals surface area contributed by atoms with Gasteiger partial charge < -0.3 is 15.0 Å². The number of rotatable bonds is 6. The Balaban J connectivity index is 1.75. The number of benzene rings is 2. The lowest BCUT2D eigenvalue weighted by Gasteiger charge is -2.12. The van der Waals surface area contributed by atoms with Gasteiger partial charge in [-0.1, -0.05) is 43.6 Å². The molecule has 2 aromatic carbocycles. The molecular weight excluding hydrogens is 520 g/mol. The molecule has 0 bridgehead atoms. The molecule has 0 aliphatic rings. The largest absolute Gasteiger partial charge is 0.507 e. The molecule has 0 spiro atoms. The number of aryl methyl sites for hydroxylation is 2. The van der Waals surface area contributed by atoms with Gasteiger partial charge in [-0.2, -0.15) is 0 Å². The van der Waals surface area contributed by atoms with E-state index in [-0.39, 0.29) is 17.4 Å². The molecule has 0 radical (unpaired) electrons. The Morgan fingerprint density at radius 1 is 1.14 bits per heavy atom. The number of carbonyl (C=O) groups is 1. The number of hydrogen-bond donors (Lipinski definition) is 2. The van der Waals surface area contributed by atoms with Crippen molar-refractivity contribution < 1.29 is 9.90 Å². The third kappa shape index (κ3) is 5.02. The number of hydrogen-bond acceptors (Lipinski definition) is 5. The number of aromatic nitrogens is 3. The van der Waals surface area contributed by atoms with Gasteiger partial charge in [0.25, 0.3) is 0 Å². The number of phenolic OH excluding ortho intramolecular Hbond substituents is 1. The summed E-state index contributed by atoms with van der Waals surface area (Å²) < 4.78 is 3.71. The highest BCUT2D eigenvalue weighted by molar-refractivity contribution is 9.10. The molecule has 9 heteroatoms. The standard InChI is InChI=1S/C20H20Br2N4O2S/c1-4-26-19(15-9-13(21)5-6-16(15)27)24-25-20(26)29-10-17(28)23-18-11(2)7-14(22)8-12(18)3/h5-9,27H,4,10H2,1-3H3,(H,23,28). The lowest BCUT2D eigenvalue weighted by molar-refractivity contribution is -0.113. The van der Waals surface area contributed by atoms with Gasteiger partial charge in [0.15, 0.2) is 11.0 Å². The monoisotopic (exact) mass is 538 g/mol. The second-order valence-corrected chi connectivity index (χ2v) is 9.24. The fraction of sp³-hybridized carbons (Fsp3) is 0.250. The topological polar surface area (TPSA) is 80.0 Å². The Morgan fingerprint density at radius 3 is 2.48 bits per heavy atom. The van der Waals surface area contributed by atoms with Crippen molar-refractivity contribution in [1.82, 2.24) is 14.8 Å². The van der Waals surface area contributed by atoms with Crippen LogP contribution in [-0.4, -0.2) is 31.5 Å². The number of carbonyl (C=O) groups excluding carboxylic acids is 1. The van der Waals surface area contributed by atoms with E-state index in [4.69, 9.17) is 0 Å². The van der Waals surface area contributed by atoms with E-state index < -0.39 is 0 Å². The maximum Gasteiger partial charge on any atom is 0.234 e. The van der Waals surface area contributed by atoms with Crippen LogP contribution in [0.1, 0.15) is 18.1 Å². The van der Waals surface area contributed by atoms with Crippen molar-refractivity contribution in [3.8, 4) is 17.1 Å². The minimum Gasteiger partial charge on any atom is -0.507 e. The molecule has 1 aromatic heterocycles. The van der Waals surface area contributed by atoms with Crippen LogP contribution in [-0.2, 0) is 11.3 Å². The molecule has 3 rings (SSSR count). The van der Waals surface area contributed by atoms with Gasteiger partial charge in [0, 0.05) is 21.2 Å². The molecule has 29 heavy (non-hydrogen) atoms. The number of halogens is 2. The van der Waals surface area contributed by atoms with Gasteiger partial charge in [-0.05, 0) is 62.2 Å².